The summed E-state index contributed by atoms with van der Waals surface area (Å²) in [6.07, 6.45) is 1.32. The number of ether oxygens (including phenoxy) is 6. The van der Waals surface area contributed by atoms with E-state index in [1.165, 1.54) is 107 Å². The SMILES string of the molecule is COc1cc(C(=O)CCC(=O)c2ccc(OC)c(-c3ccc(F)c(Cl)c3)n2)ccc1OCCF.COc1cc(C(=O)CCC(O)(c2ccc(OC)c(-c3ccc(F)c(Cl)c3)n2)c2nccs2)ccc1OCCF. The number of carbonyl (C=O) groups excluding carboxylic acids is 3. The molecule has 0 saturated heterocycles. The summed E-state index contributed by atoms with van der Waals surface area (Å²) in [6.45, 7) is -1.57. The fourth-order valence-corrected chi connectivity index (χ4v) is 8.37. The number of aromatic nitrogens is 3. The normalized spacial score (nSPS) is 11.7. The summed E-state index contributed by atoms with van der Waals surface area (Å²) in [4.78, 5) is 51.9. The van der Waals surface area contributed by atoms with E-state index in [-0.39, 0.29) is 77.7 Å². The lowest BCUT2D eigenvalue weighted by molar-refractivity contribution is 0.0595. The molecule has 1 atom stereocenters. The first-order valence-corrected chi connectivity index (χ1v) is 23.8. The van der Waals surface area contributed by atoms with Gasteiger partial charge in [0.25, 0.3) is 0 Å². The average Bonchev–Trinajstić information content (AvgIpc) is 3.98. The van der Waals surface area contributed by atoms with Gasteiger partial charge >= 0.3 is 0 Å². The van der Waals surface area contributed by atoms with Crippen LogP contribution < -0.4 is 28.4 Å². The average molecular weight is 1060 g/mol. The quantitative estimate of drug-likeness (QED) is 0.0476. The molecule has 3 aromatic heterocycles. The Bertz CT molecular complexity index is 3060. The zero-order valence-electron chi connectivity index (χ0n) is 39.7. The maximum atomic E-state index is 13.8. The van der Waals surface area contributed by atoms with Crippen LogP contribution in [-0.2, 0) is 5.60 Å². The molecule has 0 saturated carbocycles. The van der Waals surface area contributed by atoms with Crippen LogP contribution in [0.3, 0.4) is 0 Å². The number of halogens is 6. The highest BCUT2D eigenvalue weighted by atomic mass is 35.5. The Morgan fingerprint density at radius 1 is 0.589 bits per heavy atom. The number of hydrogen-bond acceptors (Lipinski definition) is 14. The Kier molecular flexibility index (Phi) is 19.7. The van der Waals surface area contributed by atoms with Gasteiger partial charge in [-0.15, -0.1) is 11.3 Å². The molecule has 7 aromatic rings. The molecule has 20 heteroatoms. The van der Waals surface area contributed by atoms with Gasteiger partial charge in [-0.25, -0.2) is 32.5 Å². The molecular weight excluding hydrogens is 1020 g/mol. The highest BCUT2D eigenvalue weighted by Crippen LogP contribution is 2.40. The van der Waals surface area contributed by atoms with Gasteiger partial charge in [0, 0.05) is 53.1 Å². The summed E-state index contributed by atoms with van der Waals surface area (Å²) in [7, 11) is 5.76. The monoisotopic (exact) mass is 1060 g/mol. The number of nitrogens with zero attached hydrogens (tertiary/aromatic N) is 3. The molecule has 0 aliphatic carbocycles. The van der Waals surface area contributed by atoms with Gasteiger partial charge in [-0.3, -0.25) is 14.4 Å². The second kappa shape index (κ2) is 26.0. The summed E-state index contributed by atoms with van der Waals surface area (Å²) in [6, 6.07) is 23.7. The van der Waals surface area contributed by atoms with Crippen LogP contribution in [0.5, 0.6) is 34.5 Å². The van der Waals surface area contributed by atoms with Gasteiger partial charge < -0.3 is 33.5 Å². The first-order chi connectivity index (χ1) is 35.2. The minimum absolute atomic E-state index is 0.0370. The highest BCUT2D eigenvalue weighted by Gasteiger charge is 2.37. The van der Waals surface area contributed by atoms with E-state index in [4.69, 9.17) is 51.6 Å². The van der Waals surface area contributed by atoms with Gasteiger partial charge in [-0.1, -0.05) is 23.2 Å². The first kappa shape index (κ1) is 55.2. The number of pyridine rings is 2. The molecule has 4 aromatic carbocycles. The van der Waals surface area contributed by atoms with Gasteiger partial charge in [0.2, 0.25) is 0 Å². The van der Waals surface area contributed by atoms with E-state index >= 15 is 0 Å². The molecule has 0 aliphatic rings. The smallest absolute Gasteiger partial charge is 0.181 e. The molecule has 13 nitrogen and oxygen atoms in total. The molecule has 7 rings (SSSR count). The van der Waals surface area contributed by atoms with Crippen molar-refractivity contribution in [2.45, 2.75) is 31.3 Å². The van der Waals surface area contributed by atoms with Crippen molar-refractivity contribution >= 4 is 51.9 Å². The number of ketones is 3. The summed E-state index contributed by atoms with van der Waals surface area (Å²) in [5.41, 5.74) is 0.957. The highest BCUT2D eigenvalue weighted by molar-refractivity contribution is 7.09. The number of benzene rings is 4. The molecule has 0 radical (unpaired) electrons. The molecule has 0 aliphatic heterocycles. The minimum atomic E-state index is -1.72. The van der Waals surface area contributed by atoms with Crippen LogP contribution in [-0.4, -0.2) is 92.4 Å². The fraction of sp³-hybridized carbons (Fsp3) is 0.245. The number of rotatable bonds is 23. The lowest BCUT2D eigenvalue weighted by atomic mass is 9.90. The molecule has 73 heavy (non-hydrogen) atoms. The lowest BCUT2D eigenvalue weighted by Gasteiger charge is -2.26. The van der Waals surface area contributed by atoms with Gasteiger partial charge in [0.1, 0.15) is 71.8 Å². The van der Waals surface area contributed by atoms with Crippen LogP contribution in [0, 0.1) is 11.6 Å². The second-order valence-corrected chi connectivity index (χ2v) is 17.2. The Morgan fingerprint density at radius 2 is 1.07 bits per heavy atom. The zero-order valence-corrected chi connectivity index (χ0v) is 42.0. The molecule has 0 bridgehead atoms. The van der Waals surface area contributed by atoms with Crippen molar-refractivity contribution in [1.29, 1.82) is 0 Å². The maximum absolute atomic E-state index is 13.8. The Hall–Kier alpha value is -7.12. The van der Waals surface area contributed by atoms with Crippen molar-refractivity contribution in [1.82, 2.24) is 15.0 Å². The Morgan fingerprint density at radius 3 is 1.55 bits per heavy atom. The van der Waals surface area contributed by atoms with E-state index < -0.39 is 30.6 Å². The van der Waals surface area contributed by atoms with Crippen molar-refractivity contribution in [3.05, 3.63) is 158 Å². The van der Waals surface area contributed by atoms with Crippen molar-refractivity contribution in [3.8, 4) is 57.0 Å². The van der Waals surface area contributed by atoms with Crippen molar-refractivity contribution in [2.24, 2.45) is 0 Å². The van der Waals surface area contributed by atoms with E-state index in [1.54, 1.807) is 41.9 Å². The third-order valence-corrected chi connectivity index (χ3v) is 12.5. The van der Waals surface area contributed by atoms with Crippen LogP contribution in [0.4, 0.5) is 17.6 Å². The Labute approximate surface area is 431 Å². The minimum Gasteiger partial charge on any atom is -0.494 e. The predicted octanol–water partition coefficient (Wildman–Crippen LogP) is 12.0. The summed E-state index contributed by atoms with van der Waals surface area (Å²) >= 11 is 13.1. The van der Waals surface area contributed by atoms with Gasteiger partial charge in [0.05, 0.1) is 44.2 Å². The Balaban J connectivity index is 0.000000241. The van der Waals surface area contributed by atoms with Crippen LogP contribution in [0.25, 0.3) is 22.5 Å². The molecule has 1 unspecified atom stereocenters. The van der Waals surface area contributed by atoms with Gasteiger partial charge in [-0.2, -0.15) is 0 Å². The van der Waals surface area contributed by atoms with Crippen LogP contribution in [0.2, 0.25) is 10.0 Å². The summed E-state index contributed by atoms with van der Waals surface area (Å²) < 4.78 is 84.0. The van der Waals surface area contributed by atoms with E-state index in [1.807, 2.05) is 0 Å². The molecule has 0 fully saturated rings. The molecule has 1 N–H and O–H groups in total. The van der Waals surface area contributed by atoms with Crippen molar-refractivity contribution in [2.75, 3.05) is 55.0 Å². The molecule has 3 heterocycles. The second-order valence-electron chi connectivity index (χ2n) is 15.5. The number of aliphatic hydroxyl groups is 1. The number of carbonyl (C=O) groups is 3. The first-order valence-electron chi connectivity index (χ1n) is 22.1. The van der Waals surface area contributed by atoms with E-state index in [9.17, 15) is 37.1 Å². The lowest BCUT2D eigenvalue weighted by Crippen LogP contribution is -2.29. The number of alkyl halides is 2. The standard InChI is InChI=1S/C28H25ClF2N2O5S.C25H22ClF2NO5/c1-36-23-7-8-25(33-26(23)18-3-5-20(31)19(29)15-18)28(35,27-32-12-14-39-27)10-9-21(34)17-4-6-22(38-13-11-30)24(16-17)37-2;1-32-23-10-6-19(29-25(23)16-3-5-18(28)17(26)13-16)21(31)8-7-20(30)15-4-9-22(34-12-11-27)24(14-15)33-2/h3-8,12,14-16,35H,9-11,13H2,1-2H3;3-6,9-10,13-14H,7-8,11-12H2,1-2H3. The number of methoxy groups -OCH3 is 4. The van der Waals surface area contributed by atoms with E-state index in [2.05, 4.69) is 15.0 Å². The third-order valence-electron chi connectivity index (χ3n) is 11.0. The van der Waals surface area contributed by atoms with E-state index in [0.29, 0.717) is 73.1 Å². The fourth-order valence-electron chi connectivity index (χ4n) is 7.24. The number of hydrogen-bond donors (Lipinski definition) is 1. The topological polar surface area (TPSA) is 165 Å². The van der Waals surface area contributed by atoms with Crippen LogP contribution >= 0.6 is 34.5 Å². The summed E-state index contributed by atoms with van der Waals surface area (Å²) in [5, 5.41) is 13.8. The molecule has 0 spiro atoms. The molecular formula is C53H47Cl2F4N3O10S. The summed E-state index contributed by atoms with van der Waals surface area (Å²) in [5.74, 6) is -0.0266. The van der Waals surface area contributed by atoms with Crippen molar-refractivity contribution in [3.63, 3.8) is 0 Å². The maximum Gasteiger partial charge on any atom is 0.181 e. The third kappa shape index (κ3) is 13.7. The zero-order chi connectivity index (χ0) is 52.7. The van der Waals surface area contributed by atoms with E-state index in [0.717, 1.165) is 0 Å². The molecule has 382 valence electrons. The van der Waals surface area contributed by atoms with Crippen molar-refractivity contribution < 1.29 is 65.5 Å². The molecule has 0 amide bonds. The van der Waals surface area contributed by atoms with Crippen LogP contribution in [0.15, 0.2) is 109 Å². The largest absolute Gasteiger partial charge is 0.494 e. The van der Waals surface area contributed by atoms with Gasteiger partial charge in [-0.05, 0) is 103 Å². The van der Waals surface area contributed by atoms with Gasteiger partial charge in [0.15, 0.2) is 45.9 Å². The number of thiazole rings is 1. The number of Topliss-reactive ketones (excluding diaryl/α,β-unsaturated/α-hetero) is 3. The van der Waals surface area contributed by atoms with Crippen LogP contribution in [0.1, 0.15) is 67.6 Å². The predicted molar refractivity (Wildman–Crippen MR) is 268 cm³/mol.